The third-order valence-corrected chi connectivity index (χ3v) is 5.37. The van der Waals surface area contributed by atoms with Crippen LogP contribution in [-0.2, 0) is 16.1 Å². The lowest BCUT2D eigenvalue weighted by molar-refractivity contribution is -0.140. The van der Waals surface area contributed by atoms with E-state index < -0.39 is 17.7 Å². The predicted molar refractivity (Wildman–Crippen MR) is 122 cm³/mol. The van der Waals surface area contributed by atoms with Crippen molar-refractivity contribution in [3.8, 4) is 11.5 Å². The second-order valence-corrected chi connectivity index (χ2v) is 7.47. The number of amides is 1. The molecule has 0 spiro atoms. The Hall–Kier alpha value is -4.00. The molecule has 1 saturated heterocycles. The smallest absolute Gasteiger partial charge is 0.296 e. The average Bonchev–Trinajstić information content (AvgIpc) is 3.42. The molecule has 1 aliphatic rings. The maximum absolute atomic E-state index is 13.1. The number of aliphatic hydroxyl groups excluding tert-OH is 1. The van der Waals surface area contributed by atoms with Crippen molar-refractivity contribution in [2.24, 2.45) is 0 Å². The lowest BCUT2D eigenvalue weighted by atomic mass is 9.95. The Kier molecular flexibility index (Phi) is 6.49. The highest BCUT2D eigenvalue weighted by Gasteiger charge is 2.46. The lowest BCUT2D eigenvalue weighted by Crippen LogP contribution is -2.29. The SMILES string of the molecule is CCOc1ccc(C(O)=C2C(=O)C(=O)N(Cc3ccco3)C2c2cccc(OCC)c2)cc1. The molecule has 170 valence electrons. The minimum Gasteiger partial charge on any atom is -0.507 e. The first kappa shape index (κ1) is 22.2. The van der Waals surface area contributed by atoms with Gasteiger partial charge in [-0.25, -0.2) is 0 Å². The molecule has 33 heavy (non-hydrogen) atoms. The Bertz CT molecular complexity index is 1160. The second kappa shape index (κ2) is 9.65. The molecule has 3 aromatic rings. The highest BCUT2D eigenvalue weighted by molar-refractivity contribution is 6.46. The van der Waals surface area contributed by atoms with Crippen LogP contribution in [0.4, 0.5) is 0 Å². The number of carbonyl (C=O) groups excluding carboxylic acids is 2. The van der Waals surface area contributed by atoms with Crippen molar-refractivity contribution in [1.29, 1.82) is 0 Å². The Balaban J connectivity index is 1.82. The number of hydrogen-bond donors (Lipinski definition) is 1. The third kappa shape index (κ3) is 4.48. The van der Waals surface area contributed by atoms with E-state index in [1.165, 1.54) is 11.2 Å². The van der Waals surface area contributed by atoms with E-state index in [1.54, 1.807) is 60.7 Å². The lowest BCUT2D eigenvalue weighted by Gasteiger charge is -2.25. The van der Waals surface area contributed by atoms with Crippen LogP contribution in [0.5, 0.6) is 11.5 Å². The fourth-order valence-electron chi connectivity index (χ4n) is 3.93. The first-order chi connectivity index (χ1) is 16.0. The molecular weight excluding hydrogens is 422 g/mol. The summed E-state index contributed by atoms with van der Waals surface area (Å²) in [6, 6.07) is 16.6. The molecule has 1 aliphatic heterocycles. The monoisotopic (exact) mass is 447 g/mol. The summed E-state index contributed by atoms with van der Waals surface area (Å²) in [5, 5.41) is 11.2. The molecule has 2 heterocycles. The number of benzene rings is 2. The van der Waals surface area contributed by atoms with Crippen LogP contribution in [0.1, 0.15) is 36.8 Å². The normalized spacial score (nSPS) is 17.4. The fraction of sp³-hybridized carbons (Fsp3) is 0.231. The highest BCUT2D eigenvalue weighted by Crippen LogP contribution is 2.41. The number of nitrogens with zero attached hydrogens (tertiary/aromatic N) is 1. The largest absolute Gasteiger partial charge is 0.507 e. The zero-order chi connectivity index (χ0) is 23.4. The van der Waals surface area contributed by atoms with Crippen molar-refractivity contribution >= 4 is 17.4 Å². The molecule has 2 aromatic carbocycles. The summed E-state index contributed by atoms with van der Waals surface area (Å²) in [7, 11) is 0. The number of ketones is 1. The minimum atomic E-state index is -0.804. The van der Waals surface area contributed by atoms with Gasteiger partial charge >= 0.3 is 0 Å². The first-order valence-corrected chi connectivity index (χ1v) is 10.8. The minimum absolute atomic E-state index is 0.0179. The van der Waals surface area contributed by atoms with Gasteiger partial charge in [-0.3, -0.25) is 9.59 Å². The summed E-state index contributed by atoms with van der Waals surface area (Å²) in [6.07, 6.45) is 1.51. The molecule has 0 saturated carbocycles. The summed E-state index contributed by atoms with van der Waals surface area (Å²) in [4.78, 5) is 27.6. The highest BCUT2D eigenvalue weighted by atomic mass is 16.5. The number of carbonyl (C=O) groups is 2. The van der Waals surface area contributed by atoms with E-state index in [0.29, 0.717) is 41.6 Å². The molecule has 4 rings (SSSR count). The maximum atomic E-state index is 13.1. The number of Topliss-reactive ketones (excluding diaryl/α,β-unsaturated/α-hetero) is 1. The Morgan fingerprint density at radius 2 is 1.70 bits per heavy atom. The second-order valence-electron chi connectivity index (χ2n) is 7.47. The van der Waals surface area contributed by atoms with Crippen molar-refractivity contribution in [2.45, 2.75) is 26.4 Å². The first-order valence-electron chi connectivity index (χ1n) is 10.8. The van der Waals surface area contributed by atoms with E-state index in [0.717, 1.165) is 0 Å². The van der Waals surface area contributed by atoms with Crippen molar-refractivity contribution in [3.05, 3.63) is 89.4 Å². The van der Waals surface area contributed by atoms with E-state index in [1.807, 2.05) is 13.8 Å². The van der Waals surface area contributed by atoms with Crippen molar-refractivity contribution in [2.75, 3.05) is 13.2 Å². The van der Waals surface area contributed by atoms with Crippen LogP contribution in [0.2, 0.25) is 0 Å². The standard InChI is InChI=1S/C26H25NO6/c1-3-31-19-12-10-17(11-13-19)24(28)22-23(18-7-5-8-20(15-18)32-4-2)27(26(30)25(22)29)16-21-9-6-14-33-21/h5-15,23,28H,3-4,16H2,1-2H3. The quantitative estimate of drug-likeness (QED) is 0.306. The van der Waals surface area contributed by atoms with Gasteiger partial charge in [-0.2, -0.15) is 0 Å². The van der Waals surface area contributed by atoms with Gasteiger partial charge in [-0.1, -0.05) is 12.1 Å². The number of rotatable bonds is 8. The topological polar surface area (TPSA) is 89.2 Å². The van der Waals surface area contributed by atoms with Crippen LogP contribution >= 0.6 is 0 Å². The molecule has 1 unspecified atom stereocenters. The Labute approximate surface area is 191 Å². The summed E-state index contributed by atoms with van der Waals surface area (Å²) in [5.74, 6) is 0.0902. The van der Waals surface area contributed by atoms with Crippen molar-refractivity contribution in [3.63, 3.8) is 0 Å². The van der Waals surface area contributed by atoms with Gasteiger partial charge in [-0.15, -0.1) is 0 Å². The van der Waals surface area contributed by atoms with Crippen LogP contribution in [0.25, 0.3) is 5.76 Å². The average molecular weight is 447 g/mol. The van der Waals surface area contributed by atoms with Gasteiger partial charge < -0.3 is 23.9 Å². The summed E-state index contributed by atoms with van der Waals surface area (Å²) in [6.45, 7) is 4.83. The Morgan fingerprint density at radius 3 is 2.36 bits per heavy atom. The van der Waals surface area contributed by atoms with E-state index in [-0.39, 0.29) is 17.9 Å². The van der Waals surface area contributed by atoms with Crippen LogP contribution in [-0.4, -0.2) is 34.9 Å². The molecule has 1 atom stereocenters. The predicted octanol–water partition coefficient (Wildman–Crippen LogP) is 4.70. The van der Waals surface area contributed by atoms with Gasteiger partial charge in [0.2, 0.25) is 0 Å². The molecule has 0 aliphatic carbocycles. The van der Waals surface area contributed by atoms with Crippen LogP contribution in [0.3, 0.4) is 0 Å². The van der Waals surface area contributed by atoms with Gasteiger partial charge in [0.1, 0.15) is 23.0 Å². The van der Waals surface area contributed by atoms with Crippen LogP contribution in [0, 0.1) is 0 Å². The summed E-state index contributed by atoms with van der Waals surface area (Å²) < 4.78 is 16.5. The van der Waals surface area contributed by atoms with E-state index >= 15 is 0 Å². The van der Waals surface area contributed by atoms with E-state index in [2.05, 4.69) is 0 Å². The van der Waals surface area contributed by atoms with Crippen LogP contribution in [0.15, 0.2) is 76.9 Å². The maximum Gasteiger partial charge on any atom is 0.296 e. The molecule has 1 fully saturated rings. The van der Waals surface area contributed by atoms with Gasteiger partial charge in [0.05, 0.1) is 37.6 Å². The zero-order valence-electron chi connectivity index (χ0n) is 18.5. The van der Waals surface area contributed by atoms with Gasteiger partial charge in [0, 0.05) is 5.56 Å². The molecule has 7 heteroatoms. The molecule has 1 amide bonds. The molecule has 0 radical (unpaired) electrons. The number of furan rings is 1. The Morgan fingerprint density at radius 1 is 0.970 bits per heavy atom. The van der Waals surface area contributed by atoms with Gasteiger partial charge in [-0.05, 0) is 67.9 Å². The number of hydrogen-bond acceptors (Lipinski definition) is 6. The van der Waals surface area contributed by atoms with Gasteiger partial charge in [0.15, 0.2) is 0 Å². The number of likely N-dealkylation sites (tertiary alicyclic amines) is 1. The third-order valence-electron chi connectivity index (χ3n) is 5.37. The van der Waals surface area contributed by atoms with Crippen molar-refractivity contribution in [1.82, 2.24) is 4.90 Å². The summed E-state index contributed by atoms with van der Waals surface area (Å²) in [5.41, 5.74) is 1.09. The van der Waals surface area contributed by atoms with Gasteiger partial charge in [0.25, 0.3) is 11.7 Å². The van der Waals surface area contributed by atoms with E-state index in [9.17, 15) is 14.7 Å². The molecule has 7 nitrogen and oxygen atoms in total. The number of ether oxygens (including phenoxy) is 2. The molecule has 0 bridgehead atoms. The van der Waals surface area contributed by atoms with Crippen molar-refractivity contribution < 1.29 is 28.6 Å². The molecule has 1 N–H and O–H groups in total. The molecule has 1 aromatic heterocycles. The fourth-order valence-corrected chi connectivity index (χ4v) is 3.93. The zero-order valence-corrected chi connectivity index (χ0v) is 18.5. The van der Waals surface area contributed by atoms with Crippen LogP contribution < -0.4 is 9.47 Å². The summed E-state index contributed by atoms with van der Waals surface area (Å²) >= 11 is 0. The molecular formula is C26H25NO6. The van der Waals surface area contributed by atoms with E-state index in [4.69, 9.17) is 13.9 Å². The number of aliphatic hydroxyl groups is 1.